The first-order valence-corrected chi connectivity index (χ1v) is 5.10. The van der Waals surface area contributed by atoms with Crippen LogP contribution in [0.3, 0.4) is 0 Å². The minimum atomic E-state index is -1.22. The Hall–Kier alpha value is -1.98. The smallest absolute Gasteiger partial charge is 0.374 e. The van der Waals surface area contributed by atoms with Crippen LogP contribution in [0.2, 0.25) is 0 Å². The highest BCUT2D eigenvalue weighted by Crippen LogP contribution is 2.22. The van der Waals surface area contributed by atoms with Crippen LogP contribution in [0.1, 0.15) is 44.0 Å². The van der Waals surface area contributed by atoms with Crippen molar-refractivity contribution in [2.45, 2.75) is 33.1 Å². The molecule has 1 amide bonds. The quantitative estimate of drug-likeness (QED) is 0.811. The molecule has 0 saturated heterocycles. The van der Waals surface area contributed by atoms with E-state index in [4.69, 9.17) is 5.11 Å². The summed E-state index contributed by atoms with van der Waals surface area (Å²) in [5, 5.41) is 11.4. The molecule has 0 atom stereocenters. The topological polar surface area (TPSA) is 92.2 Å². The van der Waals surface area contributed by atoms with Crippen LogP contribution in [0.5, 0.6) is 0 Å². The number of carboxylic acid groups (broad SMARTS) is 1. The van der Waals surface area contributed by atoms with Crippen molar-refractivity contribution in [3.63, 3.8) is 0 Å². The first-order valence-electron chi connectivity index (χ1n) is 5.10. The standard InChI is InChI=1S/C11H15N3O3/c1-6(15)12-8-5-7(11(2,3)4)13-9(14-8)10(16)17/h5H,1-4H3,(H,16,17)(H,12,13,14,15). The minimum Gasteiger partial charge on any atom is -0.475 e. The molecule has 2 N–H and O–H groups in total. The van der Waals surface area contributed by atoms with Crippen molar-refractivity contribution in [2.75, 3.05) is 5.32 Å². The zero-order chi connectivity index (χ0) is 13.2. The van der Waals surface area contributed by atoms with Gasteiger partial charge in [0.25, 0.3) is 0 Å². The number of hydrogen-bond donors (Lipinski definition) is 2. The van der Waals surface area contributed by atoms with E-state index in [0.717, 1.165) is 0 Å². The van der Waals surface area contributed by atoms with Crippen LogP contribution in [-0.4, -0.2) is 27.0 Å². The first kappa shape index (κ1) is 13.1. The second-order valence-corrected chi connectivity index (χ2v) is 4.70. The van der Waals surface area contributed by atoms with Crippen LogP contribution in [0.25, 0.3) is 0 Å². The van der Waals surface area contributed by atoms with Gasteiger partial charge in [0.1, 0.15) is 5.82 Å². The first-order chi connectivity index (χ1) is 7.70. The van der Waals surface area contributed by atoms with Gasteiger partial charge in [-0.1, -0.05) is 20.8 Å². The predicted molar refractivity (Wildman–Crippen MR) is 62.0 cm³/mol. The molecular weight excluding hydrogens is 222 g/mol. The van der Waals surface area contributed by atoms with Gasteiger partial charge in [-0.25, -0.2) is 14.8 Å². The summed E-state index contributed by atoms with van der Waals surface area (Å²) in [5.74, 6) is -1.64. The molecule has 0 aliphatic heterocycles. The van der Waals surface area contributed by atoms with Crippen molar-refractivity contribution < 1.29 is 14.7 Å². The molecule has 0 aliphatic carbocycles. The van der Waals surface area contributed by atoms with Crippen molar-refractivity contribution in [1.29, 1.82) is 0 Å². The van der Waals surface area contributed by atoms with Crippen LogP contribution in [-0.2, 0) is 10.2 Å². The Bertz CT molecular complexity index is 464. The largest absolute Gasteiger partial charge is 0.475 e. The van der Waals surface area contributed by atoms with E-state index >= 15 is 0 Å². The van der Waals surface area contributed by atoms with Crippen molar-refractivity contribution in [2.24, 2.45) is 0 Å². The second kappa shape index (κ2) is 4.48. The highest BCUT2D eigenvalue weighted by molar-refractivity contribution is 5.89. The van der Waals surface area contributed by atoms with Crippen molar-refractivity contribution >= 4 is 17.7 Å². The average Bonchev–Trinajstić information content (AvgIpc) is 2.14. The molecule has 1 heterocycles. The number of amides is 1. The monoisotopic (exact) mass is 237 g/mol. The summed E-state index contributed by atoms with van der Waals surface area (Å²) >= 11 is 0. The van der Waals surface area contributed by atoms with E-state index in [1.807, 2.05) is 20.8 Å². The summed E-state index contributed by atoms with van der Waals surface area (Å²) in [7, 11) is 0. The number of anilines is 1. The third-order valence-corrected chi connectivity index (χ3v) is 1.99. The fourth-order valence-electron chi connectivity index (χ4n) is 1.17. The van der Waals surface area contributed by atoms with Crippen LogP contribution in [0, 0.1) is 0 Å². The molecule has 92 valence electrons. The molecule has 0 radical (unpaired) electrons. The molecule has 0 bridgehead atoms. The highest BCUT2D eigenvalue weighted by atomic mass is 16.4. The van der Waals surface area contributed by atoms with Gasteiger partial charge in [0, 0.05) is 18.4 Å². The Kier molecular flexibility index (Phi) is 3.45. The number of hydrogen-bond acceptors (Lipinski definition) is 4. The lowest BCUT2D eigenvalue weighted by Crippen LogP contribution is -2.19. The van der Waals surface area contributed by atoms with Crippen LogP contribution in [0.4, 0.5) is 5.82 Å². The predicted octanol–water partition coefficient (Wildman–Crippen LogP) is 1.43. The molecule has 1 rings (SSSR count). The van der Waals surface area contributed by atoms with Crippen LogP contribution >= 0.6 is 0 Å². The summed E-state index contributed by atoms with van der Waals surface area (Å²) in [5.41, 5.74) is 0.244. The van der Waals surface area contributed by atoms with Crippen LogP contribution < -0.4 is 5.32 Å². The third kappa shape index (κ3) is 3.51. The van der Waals surface area contributed by atoms with Gasteiger partial charge in [0.15, 0.2) is 0 Å². The molecule has 0 fully saturated rings. The number of nitrogens with zero attached hydrogens (tertiary/aromatic N) is 2. The van der Waals surface area contributed by atoms with Gasteiger partial charge < -0.3 is 10.4 Å². The maximum absolute atomic E-state index is 10.9. The van der Waals surface area contributed by atoms with E-state index in [9.17, 15) is 9.59 Å². The Balaban J connectivity index is 3.28. The minimum absolute atomic E-state index is 0.204. The number of aromatic nitrogens is 2. The SMILES string of the molecule is CC(=O)Nc1cc(C(C)(C)C)nc(C(=O)O)n1. The molecule has 0 aromatic carbocycles. The van der Waals surface area contributed by atoms with Gasteiger partial charge in [-0.2, -0.15) is 0 Å². The number of nitrogens with one attached hydrogen (secondary N) is 1. The van der Waals surface area contributed by atoms with Gasteiger partial charge >= 0.3 is 5.97 Å². The molecule has 1 aromatic rings. The van der Waals surface area contributed by atoms with Gasteiger partial charge in [-0.3, -0.25) is 4.79 Å². The zero-order valence-corrected chi connectivity index (χ0v) is 10.2. The molecule has 0 aliphatic rings. The fourth-order valence-corrected chi connectivity index (χ4v) is 1.17. The zero-order valence-electron chi connectivity index (χ0n) is 10.2. The fraction of sp³-hybridized carbons (Fsp3) is 0.455. The molecule has 0 spiro atoms. The van der Waals surface area contributed by atoms with Crippen LogP contribution in [0.15, 0.2) is 6.07 Å². The van der Waals surface area contributed by atoms with E-state index in [0.29, 0.717) is 5.69 Å². The average molecular weight is 237 g/mol. The Morgan fingerprint density at radius 2 is 1.88 bits per heavy atom. The van der Waals surface area contributed by atoms with Crippen molar-refractivity contribution in [3.05, 3.63) is 17.6 Å². The van der Waals surface area contributed by atoms with Gasteiger partial charge in [-0.05, 0) is 0 Å². The van der Waals surface area contributed by atoms with E-state index in [2.05, 4.69) is 15.3 Å². The number of carbonyl (C=O) groups is 2. The van der Waals surface area contributed by atoms with Crippen molar-refractivity contribution in [1.82, 2.24) is 9.97 Å². The summed E-state index contributed by atoms with van der Waals surface area (Å²) in [6.07, 6.45) is 0. The summed E-state index contributed by atoms with van der Waals surface area (Å²) in [6, 6.07) is 1.58. The molecular formula is C11H15N3O3. The Labute approximate surface area is 99.1 Å². The second-order valence-electron chi connectivity index (χ2n) is 4.70. The summed E-state index contributed by atoms with van der Waals surface area (Å²) < 4.78 is 0. The molecule has 17 heavy (non-hydrogen) atoms. The lowest BCUT2D eigenvalue weighted by atomic mass is 9.92. The maximum Gasteiger partial charge on any atom is 0.374 e. The molecule has 6 heteroatoms. The molecule has 0 unspecified atom stereocenters. The Morgan fingerprint density at radius 3 is 2.29 bits per heavy atom. The van der Waals surface area contributed by atoms with Crippen molar-refractivity contribution in [3.8, 4) is 0 Å². The highest BCUT2D eigenvalue weighted by Gasteiger charge is 2.20. The third-order valence-electron chi connectivity index (χ3n) is 1.99. The molecule has 0 saturated carbocycles. The lowest BCUT2D eigenvalue weighted by Gasteiger charge is -2.18. The molecule has 1 aromatic heterocycles. The van der Waals surface area contributed by atoms with E-state index in [1.165, 1.54) is 6.92 Å². The summed E-state index contributed by atoms with van der Waals surface area (Å²) in [6.45, 7) is 7.04. The Morgan fingerprint density at radius 1 is 1.29 bits per heavy atom. The number of aromatic carboxylic acids is 1. The number of carbonyl (C=O) groups excluding carboxylic acids is 1. The maximum atomic E-state index is 10.9. The van der Waals surface area contributed by atoms with Gasteiger partial charge in [0.2, 0.25) is 11.7 Å². The lowest BCUT2D eigenvalue weighted by molar-refractivity contribution is -0.114. The number of rotatable bonds is 2. The normalized spacial score (nSPS) is 11.1. The number of carboxylic acids is 1. The van der Waals surface area contributed by atoms with Gasteiger partial charge in [0.05, 0.1) is 5.69 Å². The summed E-state index contributed by atoms with van der Waals surface area (Å²) in [4.78, 5) is 29.5. The van der Waals surface area contributed by atoms with E-state index in [1.54, 1.807) is 6.07 Å². The van der Waals surface area contributed by atoms with E-state index < -0.39 is 5.97 Å². The van der Waals surface area contributed by atoms with Gasteiger partial charge in [-0.15, -0.1) is 0 Å². The van der Waals surface area contributed by atoms with E-state index in [-0.39, 0.29) is 23.0 Å². The molecule has 6 nitrogen and oxygen atoms in total.